The summed E-state index contributed by atoms with van der Waals surface area (Å²) < 4.78 is 1.88. The molecule has 0 spiro atoms. The molecule has 3 heterocycles. The van der Waals surface area contributed by atoms with Crippen molar-refractivity contribution in [3.63, 3.8) is 0 Å². The summed E-state index contributed by atoms with van der Waals surface area (Å²) in [4.78, 5) is 29.7. The summed E-state index contributed by atoms with van der Waals surface area (Å²) in [6.07, 6.45) is 0. The number of nitrogens with zero attached hydrogens (tertiary/aromatic N) is 4. The molecule has 0 saturated carbocycles. The minimum Gasteiger partial charge on any atom is -0.339 e. The Labute approximate surface area is 182 Å². The molecule has 0 bridgehead atoms. The number of rotatable bonds is 3. The van der Waals surface area contributed by atoms with Gasteiger partial charge in [-0.15, -0.1) is 11.3 Å². The quantitative estimate of drug-likeness (QED) is 0.604. The van der Waals surface area contributed by atoms with E-state index in [2.05, 4.69) is 5.10 Å². The van der Waals surface area contributed by atoms with E-state index in [0.29, 0.717) is 47.6 Å². The number of aromatic nitrogens is 2. The van der Waals surface area contributed by atoms with Crippen molar-refractivity contribution in [3.05, 3.63) is 50.4 Å². The fourth-order valence-corrected chi connectivity index (χ4v) is 5.11. The molecule has 152 valence electrons. The maximum Gasteiger partial charge on any atom is 0.264 e. The van der Waals surface area contributed by atoms with Crippen molar-refractivity contribution in [2.45, 2.75) is 20.4 Å². The van der Waals surface area contributed by atoms with Gasteiger partial charge in [-0.25, -0.2) is 0 Å². The lowest BCUT2D eigenvalue weighted by molar-refractivity contribution is -0.130. The molecule has 3 aromatic rings. The van der Waals surface area contributed by atoms with Crippen molar-refractivity contribution in [1.82, 2.24) is 19.6 Å². The van der Waals surface area contributed by atoms with Gasteiger partial charge in [0.05, 0.1) is 17.1 Å². The van der Waals surface area contributed by atoms with Gasteiger partial charge in [-0.1, -0.05) is 29.3 Å². The van der Waals surface area contributed by atoms with Crippen LogP contribution in [0.2, 0.25) is 10.0 Å². The third-order valence-electron chi connectivity index (χ3n) is 5.17. The molecule has 0 unspecified atom stereocenters. The van der Waals surface area contributed by atoms with Gasteiger partial charge < -0.3 is 9.80 Å². The van der Waals surface area contributed by atoms with E-state index in [4.69, 9.17) is 23.2 Å². The third kappa shape index (κ3) is 3.99. The van der Waals surface area contributed by atoms with Crippen molar-refractivity contribution in [2.24, 2.45) is 0 Å². The first-order valence-electron chi connectivity index (χ1n) is 9.29. The smallest absolute Gasteiger partial charge is 0.264 e. The second kappa shape index (κ2) is 7.97. The second-order valence-corrected chi connectivity index (χ2v) is 8.98. The number of halogens is 2. The number of aryl methyl sites for hydroxylation is 1. The standard InChI is InChI=1S/C20H20Cl2N4O2S/c1-12-16-10-18(19(28)25-7-5-24(6-8-25)13(2)27)29-20(16)26(23-12)11-14-3-4-15(21)9-17(14)22/h3-4,9-10H,5-8,11H2,1-2H3. The molecule has 9 heteroatoms. The highest BCUT2D eigenvalue weighted by atomic mass is 35.5. The molecule has 0 aliphatic carbocycles. The lowest BCUT2D eigenvalue weighted by atomic mass is 10.2. The van der Waals surface area contributed by atoms with Gasteiger partial charge in [0.1, 0.15) is 4.83 Å². The largest absolute Gasteiger partial charge is 0.339 e. The number of amides is 2. The zero-order valence-corrected chi connectivity index (χ0v) is 18.4. The van der Waals surface area contributed by atoms with Gasteiger partial charge in [0.2, 0.25) is 5.91 Å². The van der Waals surface area contributed by atoms with Crippen molar-refractivity contribution in [1.29, 1.82) is 0 Å². The Bertz CT molecular complexity index is 1100. The van der Waals surface area contributed by atoms with Crippen LogP contribution < -0.4 is 0 Å². The van der Waals surface area contributed by atoms with Crippen LogP contribution in [0.25, 0.3) is 10.2 Å². The highest BCUT2D eigenvalue weighted by molar-refractivity contribution is 7.20. The molecule has 0 radical (unpaired) electrons. The lowest BCUT2D eigenvalue weighted by Crippen LogP contribution is -2.49. The monoisotopic (exact) mass is 450 g/mol. The summed E-state index contributed by atoms with van der Waals surface area (Å²) in [6, 6.07) is 7.33. The summed E-state index contributed by atoms with van der Waals surface area (Å²) in [7, 11) is 0. The van der Waals surface area contributed by atoms with Gasteiger partial charge in [0.25, 0.3) is 5.91 Å². The maximum atomic E-state index is 13.0. The molecule has 1 saturated heterocycles. The van der Waals surface area contributed by atoms with Crippen LogP contribution >= 0.6 is 34.5 Å². The van der Waals surface area contributed by atoms with Crippen LogP contribution in [-0.2, 0) is 11.3 Å². The van der Waals surface area contributed by atoms with E-state index in [9.17, 15) is 9.59 Å². The van der Waals surface area contributed by atoms with E-state index < -0.39 is 0 Å². The SMILES string of the molecule is CC(=O)N1CCN(C(=O)c2cc3c(C)nn(Cc4ccc(Cl)cc4Cl)c3s2)CC1. The average molecular weight is 451 g/mol. The zero-order chi connectivity index (χ0) is 20.7. The number of carbonyl (C=O) groups is 2. The first-order valence-corrected chi connectivity index (χ1v) is 10.9. The van der Waals surface area contributed by atoms with Crippen molar-refractivity contribution >= 4 is 56.6 Å². The second-order valence-electron chi connectivity index (χ2n) is 7.11. The maximum absolute atomic E-state index is 13.0. The summed E-state index contributed by atoms with van der Waals surface area (Å²) in [6.45, 7) is 6.27. The molecule has 1 aliphatic rings. The lowest BCUT2D eigenvalue weighted by Gasteiger charge is -2.33. The summed E-state index contributed by atoms with van der Waals surface area (Å²) in [5.41, 5.74) is 1.80. The molecule has 4 rings (SSSR count). The fourth-order valence-electron chi connectivity index (χ4n) is 3.52. The van der Waals surface area contributed by atoms with Crippen LogP contribution in [0, 0.1) is 6.92 Å². The van der Waals surface area contributed by atoms with Crippen molar-refractivity contribution in [2.75, 3.05) is 26.2 Å². The summed E-state index contributed by atoms with van der Waals surface area (Å²) in [5, 5.41) is 6.78. The molecule has 1 fully saturated rings. The fraction of sp³-hybridized carbons (Fsp3) is 0.350. The van der Waals surface area contributed by atoms with Gasteiger partial charge in [-0.05, 0) is 30.7 Å². The van der Waals surface area contributed by atoms with Crippen LogP contribution in [0.15, 0.2) is 24.3 Å². The molecule has 1 aliphatic heterocycles. The number of hydrogen-bond acceptors (Lipinski definition) is 4. The predicted octanol–water partition coefficient (Wildman–Crippen LogP) is 4.07. The zero-order valence-electron chi connectivity index (χ0n) is 16.1. The topological polar surface area (TPSA) is 58.4 Å². The van der Waals surface area contributed by atoms with E-state index in [1.807, 2.05) is 28.6 Å². The van der Waals surface area contributed by atoms with E-state index in [1.54, 1.807) is 24.0 Å². The number of thiophene rings is 1. The van der Waals surface area contributed by atoms with Crippen LogP contribution in [0.5, 0.6) is 0 Å². The molecule has 2 aromatic heterocycles. The molecule has 0 atom stereocenters. The van der Waals surface area contributed by atoms with Crippen LogP contribution in [0.4, 0.5) is 0 Å². The summed E-state index contributed by atoms with van der Waals surface area (Å²) in [5.74, 6) is 0.0559. The van der Waals surface area contributed by atoms with Gasteiger partial charge in [0.15, 0.2) is 0 Å². The molecule has 29 heavy (non-hydrogen) atoms. The Morgan fingerprint density at radius 1 is 1.10 bits per heavy atom. The minimum atomic E-state index is 0.00452. The molecule has 6 nitrogen and oxygen atoms in total. The number of carbonyl (C=O) groups excluding carboxylic acids is 2. The normalized spacial score (nSPS) is 14.6. The van der Waals surface area contributed by atoms with Crippen molar-refractivity contribution < 1.29 is 9.59 Å². The Morgan fingerprint density at radius 2 is 1.79 bits per heavy atom. The molecule has 1 aromatic carbocycles. The van der Waals surface area contributed by atoms with E-state index in [1.165, 1.54) is 11.3 Å². The number of fused-ring (bicyclic) bond motifs is 1. The van der Waals surface area contributed by atoms with Crippen LogP contribution in [-0.4, -0.2) is 57.6 Å². The molecule has 0 N–H and O–H groups in total. The minimum absolute atomic E-state index is 0.00452. The van der Waals surface area contributed by atoms with E-state index in [-0.39, 0.29) is 11.8 Å². The van der Waals surface area contributed by atoms with Gasteiger partial charge >= 0.3 is 0 Å². The van der Waals surface area contributed by atoms with Crippen molar-refractivity contribution in [3.8, 4) is 0 Å². The molecular formula is C20H20Cl2N4O2S. The Kier molecular flexibility index (Phi) is 5.55. The molecule has 2 amide bonds. The summed E-state index contributed by atoms with van der Waals surface area (Å²) >= 11 is 13.7. The Balaban J connectivity index is 1.57. The highest BCUT2D eigenvalue weighted by Gasteiger charge is 2.25. The van der Waals surface area contributed by atoms with Gasteiger partial charge in [-0.2, -0.15) is 5.10 Å². The van der Waals surface area contributed by atoms with Crippen LogP contribution in [0.3, 0.4) is 0 Å². The Hall–Kier alpha value is -2.09. The number of benzene rings is 1. The van der Waals surface area contributed by atoms with E-state index >= 15 is 0 Å². The molecular weight excluding hydrogens is 431 g/mol. The van der Waals surface area contributed by atoms with E-state index in [0.717, 1.165) is 21.5 Å². The number of hydrogen-bond donors (Lipinski definition) is 0. The third-order valence-corrected chi connectivity index (χ3v) is 6.89. The number of piperazine rings is 1. The average Bonchev–Trinajstić information content (AvgIpc) is 3.25. The Morgan fingerprint density at radius 3 is 2.45 bits per heavy atom. The predicted molar refractivity (Wildman–Crippen MR) is 116 cm³/mol. The van der Waals surface area contributed by atoms with Gasteiger partial charge in [-0.3, -0.25) is 14.3 Å². The van der Waals surface area contributed by atoms with Crippen LogP contribution in [0.1, 0.15) is 27.9 Å². The van der Waals surface area contributed by atoms with Gasteiger partial charge in [0, 0.05) is 48.5 Å². The first kappa shape index (κ1) is 20.2. The highest BCUT2D eigenvalue weighted by Crippen LogP contribution is 2.31. The first-order chi connectivity index (χ1) is 13.8.